The standard InChI is InChI=1S/C17H18N4O2S/c1-11-16(24-12(2)20-11)9-18-17(22)13-8-19-21(10-13)14-6-4-5-7-15(14)23-3/h4-8,10H,9H2,1-3H3,(H,18,22). The van der Waals surface area contributed by atoms with Crippen LogP contribution in [0.1, 0.15) is 25.9 Å². The van der Waals surface area contributed by atoms with Gasteiger partial charge in [0, 0.05) is 11.1 Å². The monoisotopic (exact) mass is 342 g/mol. The zero-order chi connectivity index (χ0) is 17.1. The van der Waals surface area contributed by atoms with Gasteiger partial charge < -0.3 is 10.1 Å². The molecule has 0 aliphatic carbocycles. The molecule has 0 saturated carbocycles. The van der Waals surface area contributed by atoms with Gasteiger partial charge in [-0.1, -0.05) is 12.1 Å². The van der Waals surface area contributed by atoms with Crippen molar-refractivity contribution in [1.29, 1.82) is 0 Å². The van der Waals surface area contributed by atoms with Crippen molar-refractivity contribution in [3.8, 4) is 11.4 Å². The van der Waals surface area contributed by atoms with E-state index in [9.17, 15) is 4.79 Å². The summed E-state index contributed by atoms with van der Waals surface area (Å²) >= 11 is 1.60. The molecular formula is C17H18N4O2S. The maximum absolute atomic E-state index is 12.3. The summed E-state index contributed by atoms with van der Waals surface area (Å²) in [7, 11) is 1.61. The Morgan fingerprint density at radius 3 is 2.83 bits per heavy atom. The predicted octanol–water partition coefficient (Wildman–Crippen LogP) is 2.88. The number of carbonyl (C=O) groups excluding carboxylic acids is 1. The summed E-state index contributed by atoms with van der Waals surface area (Å²) in [5.74, 6) is 0.532. The Labute approximate surface area is 144 Å². The van der Waals surface area contributed by atoms with Gasteiger partial charge in [0.25, 0.3) is 5.91 Å². The van der Waals surface area contributed by atoms with E-state index in [1.54, 1.807) is 35.5 Å². The minimum atomic E-state index is -0.165. The average Bonchev–Trinajstić information content (AvgIpc) is 3.19. The highest BCUT2D eigenvalue weighted by Crippen LogP contribution is 2.21. The first-order valence-electron chi connectivity index (χ1n) is 7.47. The molecule has 0 spiro atoms. The molecule has 0 bridgehead atoms. The molecule has 0 radical (unpaired) electrons. The fraction of sp³-hybridized carbons (Fsp3) is 0.235. The van der Waals surface area contributed by atoms with Crippen LogP contribution in [-0.4, -0.2) is 27.8 Å². The van der Waals surface area contributed by atoms with Crippen LogP contribution in [0.4, 0.5) is 0 Å². The van der Waals surface area contributed by atoms with Gasteiger partial charge in [0.05, 0.1) is 36.1 Å². The second-order valence-corrected chi connectivity index (χ2v) is 6.56. The molecule has 1 aromatic carbocycles. The number of methoxy groups -OCH3 is 1. The van der Waals surface area contributed by atoms with Crippen LogP contribution in [0.15, 0.2) is 36.7 Å². The van der Waals surface area contributed by atoms with Gasteiger partial charge in [-0.05, 0) is 26.0 Å². The third kappa shape index (κ3) is 3.30. The topological polar surface area (TPSA) is 69.0 Å². The number of rotatable bonds is 5. The van der Waals surface area contributed by atoms with E-state index in [1.165, 1.54) is 0 Å². The molecule has 6 nitrogen and oxygen atoms in total. The molecule has 7 heteroatoms. The SMILES string of the molecule is COc1ccccc1-n1cc(C(=O)NCc2sc(C)nc2C)cn1. The highest BCUT2D eigenvalue weighted by Gasteiger charge is 2.13. The summed E-state index contributed by atoms with van der Waals surface area (Å²) in [5.41, 5.74) is 2.25. The Morgan fingerprint density at radius 1 is 1.33 bits per heavy atom. The third-order valence-corrected chi connectivity index (χ3v) is 4.66. The number of nitrogens with zero attached hydrogens (tertiary/aromatic N) is 3. The molecule has 0 atom stereocenters. The van der Waals surface area contributed by atoms with E-state index >= 15 is 0 Å². The molecule has 0 saturated heterocycles. The van der Waals surface area contributed by atoms with Crippen LogP contribution in [0, 0.1) is 13.8 Å². The second-order valence-electron chi connectivity index (χ2n) is 5.27. The molecule has 2 aromatic heterocycles. The summed E-state index contributed by atoms with van der Waals surface area (Å²) in [5, 5.41) is 8.17. The molecule has 3 rings (SSSR count). The number of ether oxygens (including phenoxy) is 1. The number of aromatic nitrogens is 3. The van der Waals surface area contributed by atoms with E-state index in [0.29, 0.717) is 17.9 Å². The first-order chi connectivity index (χ1) is 11.6. The largest absolute Gasteiger partial charge is 0.494 e. The predicted molar refractivity (Wildman–Crippen MR) is 92.9 cm³/mol. The maximum atomic E-state index is 12.3. The number of carbonyl (C=O) groups is 1. The van der Waals surface area contributed by atoms with Gasteiger partial charge in [0.1, 0.15) is 11.4 Å². The molecular weight excluding hydrogens is 324 g/mol. The van der Waals surface area contributed by atoms with E-state index in [2.05, 4.69) is 15.4 Å². The molecule has 0 fully saturated rings. The fourth-order valence-corrected chi connectivity index (χ4v) is 3.27. The zero-order valence-corrected chi connectivity index (χ0v) is 14.6. The summed E-state index contributed by atoms with van der Waals surface area (Å²) < 4.78 is 6.96. The second kappa shape index (κ2) is 6.84. The molecule has 124 valence electrons. The Bertz CT molecular complexity index is 869. The van der Waals surface area contributed by atoms with Crippen LogP contribution in [0.2, 0.25) is 0 Å². The van der Waals surface area contributed by atoms with Crippen molar-refractivity contribution in [2.75, 3.05) is 7.11 Å². The molecule has 1 N–H and O–H groups in total. The smallest absolute Gasteiger partial charge is 0.254 e. The zero-order valence-electron chi connectivity index (χ0n) is 13.7. The van der Waals surface area contributed by atoms with Crippen molar-refractivity contribution in [2.24, 2.45) is 0 Å². The summed E-state index contributed by atoms with van der Waals surface area (Å²) in [4.78, 5) is 17.8. The number of hydrogen-bond donors (Lipinski definition) is 1. The Kier molecular flexibility index (Phi) is 4.61. The van der Waals surface area contributed by atoms with Crippen molar-refractivity contribution < 1.29 is 9.53 Å². The molecule has 1 amide bonds. The van der Waals surface area contributed by atoms with Gasteiger partial charge >= 0.3 is 0 Å². The van der Waals surface area contributed by atoms with Crippen LogP contribution in [0.5, 0.6) is 5.75 Å². The van der Waals surface area contributed by atoms with Gasteiger partial charge in [-0.2, -0.15) is 5.10 Å². The Morgan fingerprint density at radius 2 is 2.12 bits per heavy atom. The van der Waals surface area contributed by atoms with Crippen LogP contribution < -0.4 is 10.1 Å². The number of benzene rings is 1. The van der Waals surface area contributed by atoms with E-state index in [-0.39, 0.29) is 5.91 Å². The lowest BCUT2D eigenvalue weighted by molar-refractivity contribution is 0.0951. The van der Waals surface area contributed by atoms with Crippen molar-refractivity contribution >= 4 is 17.2 Å². The van der Waals surface area contributed by atoms with E-state index in [0.717, 1.165) is 21.3 Å². The first kappa shape index (κ1) is 16.2. The molecule has 0 unspecified atom stereocenters. The molecule has 0 aliphatic rings. The van der Waals surface area contributed by atoms with Gasteiger partial charge in [0.15, 0.2) is 0 Å². The van der Waals surface area contributed by atoms with Crippen molar-refractivity contribution in [2.45, 2.75) is 20.4 Å². The average molecular weight is 342 g/mol. The van der Waals surface area contributed by atoms with Crippen LogP contribution >= 0.6 is 11.3 Å². The van der Waals surface area contributed by atoms with Crippen LogP contribution in [-0.2, 0) is 6.54 Å². The van der Waals surface area contributed by atoms with Gasteiger partial charge in [0.2, 0.25) is 0 Å². The maximum Gasteiger partial charge on any atom is 0.254 e. The first-order valence-corrected chi connectivity index (χ1v) is 8.29. The van der Waals surface area contributed by atoms with Crippen molar-refractivity contribution in [3.63, 3.8) is 0 Å². The molecule has 0 aliphatic heterocycles. The lowest BCUT2D eigenvalue weighted by Gasteiger charge is -2.07. The highest BCUT2D eigenvalue weighted by atomic mass is 32.1. The number of hydrogen-bond acceptors (Lipinski definition) is 5. The van der Waals surface area contributed by atoms with E-state index < -0.39 is 0 Å². The minimum absolute atomic E-state index is 0.165. The van der Waals surface area contributed by atoms with Crippen LogP contribution in [0.3, 0.4) is 0 Å². The Hall–Kier alpha value is -2.67. The van der Waals surface area contributed by atoms with Gasteiger partial charge in [-0.25, -0.2) is 9.67 Å². The van der Waals surface area contributed by atoms with E-state index in [1.807, 2.05) is 38.1 Å². The summed E-state index contributed by atoms with van der Waals surface area (Å²) in [6, 6.07) is 7.52. The third-order valence-electron chi connectivity index (χ3n) is 3.59. The number of thiazole rings is 1. The Balaban J connectivity index is 1.73. The lowest BCUT2D eigenvalue weighted by Crippen LogP contribution is -2.22. The number of para-hydroxylation sites is 2. The normalized spacial score (nSPS) is 10.6. The quantitative estimate of drug-likeness (QED) is 0.774. The van der Waals surface area contributed by atoms with Gasteiger partial charge in [-0.15, -0.1) is 11.3 Å². The number of aryl methyl sites for hydroxylation is 2. The molecule has 2 heterocycles. The van der Waals surface area contributed by atoms with Crippen LogP contribution in [0.25, 0.3) is 5.69 Å². The lowest BCUT2D eigenvalue weighted by atomic mass is 10.3. The summed E-state index contributed by atoms with van der Waals surface area (Å²) in [6.45, 7) is 4.38. The summed E-state index contributed by atoms with van der Waals surface area (Å²) in [6.07, 6.45) is 3.24. The molecule has 3 aromatic rings. The van der Waals surface area contributed by atoms with E-state index in [4.69, 9.17) is 4.74 Å². The minimum Gasteiger partial charge on any atom is -0.494 e. The van der Waals surface area contributed by atoms with Crippen molar-refractivity contribution in [1.82, 2.24) is 20.1 Å². The fourth-order valence-electron chi connectivity index (χ4n) is 2.39. The number of nitrogens with one attached hydrogen (secondary N) is 1. The highest BCUT2D eigenvalue weighted by molar-refractivity contribution is 7.11. The van der Waals surface area contributed by atoms with Gasteiger partial charge in [-0.3, -0.25) is 4.79 Å². The van der Waals surface area contributed by atoms with Crippen molar-refractivity contribution in [3.05, 3.63) is 57.8 Å². The molecule has 24 heavy (non-hydrogen) atoms. The number of amides is 1.